The molecule has 2 N–H and O–H groups in total. The largest absolute Gasteiger partial charge is 0.354 e. The zero-order chi connectivity index (χ0) is 24.0. The Kier molecular flexibility index (Phi) is 8.01. The molecule has 0 radical (unpaired) electrons. The van der Waals surface area contributed by atoms with Gasteiger partial charge in [-0.2, -0.15) is 0 Å². The molecule has 0 atom stereocenters. The highest BCUT2D eigenvalue weighted by Gasteiger charge is 2.34. The average molecular weight is 492 g/mol. The Hall–Kier alpha value is -3.02. The Morgan fingerprint density at radius 2 is 1.73 bits per heavy atom. The van der Waals surface area contributed by atoms with Gasteiger partial charge in [0.15, 0.2) is 0 Å². The molecule has 33 heavy (non-hydrogen) atoms. The van der Waals surface area contributed by atoms with Crippen LogP contribution in [0, 0.1) is 12.7 Å². The highest BCUT2D eigenvalue weighted by molar-refractivity contribution is 8.18. The quantitative estimate of drug-likeness (QED) is 0.522. The fourth-order valence-corrected chi connectivity index (χ4v) is 4.80. The van der Waals surface area contributed by atoms with Crippen molar-refractivity contribution in [3.8, 4) is 0 Å². The van der Waals surface area contributed by atoms with E-state index < -0.39 is 32.9 Å². The van der Waals surface area contributed by atoms with Gasteiger partial charge in [-0.25, -0.2) is 17.5 Å². The second-order valence-corrected chi connectivity index (χ2v) is 9.96. The Labute approximate surface area is 195 Å². The number of hydrogen-bond acceptors (Lipinski definition) is 6. The van der Waals surface area contributed by atoms with Gasteiger partial charge in [0.25, 0.3) is 11.1 Å². The third kappa shape index (κ3) is 6.73. The molecule has 8 nitrogen and oxygen atoms in total. The van der Waals surface area contributed by atoms with E-state index in [4.69, 9.17) is 0 Å². The van der Waals surface area contributed by atoms with Crippen molar-refractivity contribution in [3.63, 3.8) is 0 Å². The smallest absolute Gasteiger partial charge is 0.293 e. The van der Waals surface area contributed by atoms with Crippen LogP contribution in [0.3, 0.4) is 0 Å². The fraction of sp³-hybridized carbons (Fsp3) is 0.227. The predicted molar refractivity (Wildman–Crippen MR) is 123 cm³/mol. The number of sulfonamides is 1. The lowest BCUT2D eigenvalue weighted by molar-refractivity contribution is -0.124. The third-order valence-electron chi connectivity index (χ3n) is 4.67. The molecule has 0 saturated carbocycles. The molecule has 174 valence electrons. The molecule has 1 aliphatic rings. The molecular weight excluding hydrogens is 469 g/mol. The number of aryl methyl sites for hydroxylation is 1. The van der Waals surface area contributed by atoms with Crippen molar-refractivity contribution in [2.24, 2.45) is 0 Å². The molecule has 0 aliphatic carbocycles. The predicted octanol–water partition coefficient (Wildman–Crippen LogP) is 2.66. The zero-order valence-corrected chi connectivity index (χ0v) is 19.3. The van der Waals surface area contributed by atoms with Crippen molar-refractivity contribution >= 4 is 44.9 Å². The van der Waals surface area contributed by atoms with Crippen LogP contribution in [0.5, 0.6) is 0 Å². The Morgan fingerprint density at radius 3 is 2.39 bits per heavy atom. The Balaban J connectivity index is 1.43. The van der Waals surface area contributed by atoms with Gasteiger partial charge >= 0.3 is 0 Å². The summed E-state index contributed by atoms with van der Waals surface area (Å²) in [5, 5.41) is 2.14. The van der Waals surface area contributed by atoms with E-state index in [0.717, 1.165) is 52.1 Å². The summed E-state index contributed by atoms with van der Waals surface area (Å²) >= 11 is 0.841. The Morgan fingerprint density at radius 1 is 1.06 bits per heavy atom. The van der Waals surface area contributed by atoms with Crippen molar-refractivity contribution in [1.29, 1.82) is 0 Å². The van der Waals surface area contributed by atoms with Crippen molar-refractivity contribution in [3.05, 3.63) is 70.4 Å². The van der Waals surface area contributed by atoms with Crippen LogP contribution in [0.1, 0.15) is 17.5 Å². The second kappa shape index (κ2) is 10.7. The summed E-state index contributed by atoms with van der Waals surface area (Å²) in [4.78, 5) is 37.9. The molecule has 0 spiro atoms. The summed E-state index contributed by atoms with van der Waals surface area (Å²) in [5.74, 6) is -1.43. The van der Waals surface area contributed by atoms with Crippen LogP contribution in [-0.2, 0) is 19.6 Å². The topological polar surface area (TPSA) is 113 Å². The van der Waals surface area contributed by atoms with Crippen LogP contribution in [-0.4, -0.2) is 50.0 Å². The minimum absolute atomic E-state index is 0.00293. The average Bonchev–Trinajstić information content (AvgIpc) is 3.03. The van der Waals surface area contributed by atoms with Crippen molar-refractivity contribution in [2.75, 3.05) is 19.6 Å². The molecule has 0 aromatic heterocycles. The maximum atomic E-state index is 12.9. The van der Waals surface area contributed by atoms with Gasteiger partial charge in [0.1, 0.15) is 5.82 Å². The number of carbonyl (C=O) groups excluding carboxylic acids is 3. The van der Waals surface area contributed by atoms with Crippen molar-refractivity contribution in [1.82, 2.24) is 14.9 Å². The molecular formula is C22H22FN3O5S2. The molecule has 0 bridgehead atoms. The van der Waals surface area contributed by atoms with Crippen molar-refractivity contribution in [2.45, 2.75) is 18.2 Å². The van der Waals surface area contributed by atoms with Crippen LogP contribution < -0.4 is 10.0 Å². The zero-order valence-electron chi connectivity index (χ0n) is 17.7. The highest BCUT2D eigenvalue weighted by atomic mass is 32.2. The number of amides is 3. The first kappa shape index (κ1) is 24.6. The lowest BCUT2D eigenvalue weighted by Crippen LogP contribution is -2.38. The molecule has 1 aliphatic heterocycles. The van der Waals surface area contributed by atoms with Gasteiger partial charge in [-0.15, -0.1) is 0 Å². The van der Waals surface area contributed by atoms with E-state index in [0.29, 0.717) is 4.91 Å². The van der Waals surface area contributed by atoms with Gasteiger partial charge in [-0.05, 0) is 54.6 Å². The highest BCUT2D eigenvalue weighted by Crippen LogP contribution is 2.31. The molecule has 2 aromatic rings. The number of halogens is 1. The van der Waals surface area contributed by atoms with E-state index in [1.54, 1.807) is 6.08 Å². The van der Waals surface area contributed by atoms with Gasteiger partial charge in [0, 0.05) is 26.1 Å². The van der Waals surface area contributed by atoms with Crippen LogP contribution >= 0.6 is 11.8 Å². The van der Waals surface area contributed by atoms with E-state index >= 15 is 0 Å². The molecule has 1 heterocycles. The normalized spacial score (nSPS) is 15.3. The number of rotatable bonds is 9. The summed E-state index contributed by atoms with van der Waals surface area (Å²) in [7, 11) is -3.86. The standard InChI is InChI=1S/C22H22FN3O5S2/c1-15-2-4-16(5-3-15)14-19-21(28)26(22(29)32-19)13-12-24-20(27)10-11-25-33(30,31)18-8-6-17(23)7-9-18/h2-9,14,25H,10-13H2,1H3,(H,24,27)/b19-14-. The number of imide groups is 1. The van der Waals surface area contributed by atoms with E-state index in [1.807, 2.05) is 31.2 Å². The monoisotopic (exact) mass is 491 g/mol. The third-order valence-corrected chi connectivity index (χ3v) is 7.06. The van der Waals surface area contributed by atoms with Gasteiger partial charge in [-0.1, -0.05) is 29.8 Å². The van der Waals surface area contributed by atoms with Gasteiger partial charge in [0.2, 0.25) is 15.9 Å². The van der Waals surface area contributed by atoms with Gasteiger partial charge < -0.3 is 5.32 Å². The SMILES string of the molecule is Cc1ccc(/C=C2\SC(=O)N(CCNC(=O)CCNS(=O)(=O)c3ccc(F)cc3)C2=O)cc1. The van der Waals surface area contributed by atoms with Crippen LogP contribution in [0.25, 0.3) is 6.08 Å². The van der Waals surface area contributed by atoms with Crippen LogP contribution in [0.15, 0.2) is 58.3 Å². The fourth-order valence-electron chi connectivity index (χ4n) is 2.90. The molecule has 0 unspecified atom stereocenters. The van der Waals surface area contributed by atoms with Crippen LogP contribution in [0.2, 0.25) is 0 Å². The number of nitrogens with zero attached hydrogens (tertiary/aromatic N) is 1. The van der Waals surface area contributed by atoms with E-state index in [2.05, 4.69) is 10.0 Å². The molecule has 2 aromatic carbocycles. The van der Waals surface area contributed by atoms with E-state index in [9.17, 15) is 27.2 Å². The summed E-state index contributed by atoms with van der Waals surface area (Å²) in [6, 6.07) is 11.8. The lowest BCUT2D eigenvalue weighted by atomic mass is 10.1. The van der Waals surface area contributed by atoms with Gasteiger partial charge in [0.05, 0.1) is 9.80 Å². The number of nitrogens with one attached hydrogen (secondary N) is 2. The van der Waals surface area contributed by atoms with Crippen molar-refractivity contribution < 1.29 is 27.2 Å². The maximum absolute atomic E-state index is 12.9. The molecule has 1 fully saturated rings. The number of benzene rings is 2. The molecule has 3 rings (SSSR count). The second-order valence-electron chi connectivity index (χ2n) is 7.20. The molecule has 3 amide bonds. The number of hydrogen-bond donors (Lipinski definition) is 2. The molecule has 1 saturated heterocycles. The Bertz CT molecular complexity index is 1180. The summed E-state index contributed by atoms with van der Waals surface area (Å²) in [6.45, 7) is 1.83. The molecule has 11 heteroatoms. The van der Waals surface area contributed by atoms with Crippen LogP contribution in [0.4, 0.5) is 9.18 Å². The summed E-state index contributed by atoms with van der Waals surface area (Å²) in [5.41, 5.74) is 1.89. The minimum atomic E-state index is -3.86. The van der Waals surface area contributed by atoms with E-state index in [1.165, 1.54) is 0 Å². The number of carbonyl (C=O) groups is 3. The summed E-state index contributed by atoms with van der Waals surface area (Å²) in [6.07, 6.45) is 1.51. The summed E-state index contributed by atoms with van der Waals surface area (Å²) < 4.78 is 39.4. The maximum Gasteiger partial charge on any atom is 0.293 e. The van der Waals surface area contributed by atoms with Gasteiger partial charge in [-0.3, -0.25) is 19.3 Å². The first-order valence-electron chi connectivity index (χ1n) is 10.00. The minimum Gasteiger partial charge on any atom is -0.354 e. The first-order chi connectivity index (χ1) is 15.7. The number of thioether (sulfide) groups is 1. The lowest BCUT2D eigenvalue weighted by Gasteiger charge is -2.13. The first-order valence-corrected chi connectivity index (χ1v) is 12.3. The van der Waals surface area contributed by atoms with E-state index in [-0.39, 0.29) is 31.0 Å².